The average molecular weight is 495 g/mol. The first kappa shape index (κ1) is 23.2. The fraction of sp³-hybridized carbons (Fsp3) is 0.391. The van der Waals surface area contributed by atoms with Crippen molar-refractivity contribution in [2.45, 2.75) is 25.3 Å². The topological polar surface area (TPSA) is 64.3 Å². The minimum Gasteiger partial charge on any atom is -0.368 e. The lowest BCUT2D eigenvalue weighted by atomic mass is 10.0. The summed E-state index contributed by atoms with van der Waals surface area (Å²) in [6.45, 7) is 4.01. The molecule has 0 unspecified atom stereocenters. The molecule has 3 heterocycles. The van der Waals surface area contributed by atoms with Crippen LogP contribution >= 0.6 is 35.6 Å². The number of hydrogen-bond acceptors (Lipinski definition) is 4. The van der Waals surface area contributed by atoms with Crippen LogP contribution < -0.4 is 10.2 Å². The summed E-state index contributed by atoms with van der Waals surface area (Å²) in [5.41, 5.74) is 3.67. The quantitative estimate of drug-likeness (QED) is 0.551. The predicted octanol–water partition coefficient (Wildman–Crippen LogP) is 4.75. The first-order valence-electron chi connectivity index (χ1n) is 10.8. The second kappa shape index (κ2) is 9.87. The highest BCUT2D eigenvalue weighted by Gasteiger charge is 2.28. The van der Waals surface area contributed by atoms with E-state index >= 15 is 0 Å². The summed E-state index contributed by atoms with van der Waals surface area (Å²) in [5, 5.41) is 4.68. The summed E-state index contributed by atoms with van der Waals surface area (Å²) < 4.78 is 0. The third-order valence-electron chi connectivity index (χ3n) is 6.21. The van der Waals surface area contributed by atoms with Crippen molar-refractivity contribution in [2.24, 2.45) is 0 Å². The Morgan fingerprint density at radius 3 is 2.59 bits per heavy atom. The number of benzene rings is 2. The van der Waals surface area contributed by atoms with Crippen molar-refractivity contribution in [1.82, 2.24) is 20.2 Å². The van der Waals surface area contributed by atoms with Crippen molar-refractivity contribution >= 4 is 58.2 Å². The highest BCUT2D eigenvalue weighted by atomic mass is 35.5. The Labute approximate surface area is 203 Å². The van der Waals surface area contributed by atoms with Crippen LogP contribution in [0.15, 0.2) is 36.4 Å². The molecule has 2 aliphatic rings. The molecule has 2 saturated heterocycles. The van der Waals surface area contributed by atoms with Crippen LogP contribution in [-0.4, -0.2) is 59.5 Å². The van der Waals surface area contributed by atoms with Gasteiger partial charge in [0.05, 0.1) is 22.1 Å². The monoisotopic (exact) mass is 493 g/mol. The van der Waals surface area contributed by atoms with Crippen molar-refractivity contribution in [1.29, 1.82) is 0 Å². The molecule has 2 N–H and O–H groups in total. The number of rotatable bonds is 3. The van der Waals surface area contributed by atoms with E-state index in [1.54, 1.807) is 0 Å². The number of halogens is 3. The molecule has 0 spiro atoms. The third-order valence-corrected chi connectivity index (χ3v) is 6.78. The zero-order valence-electron chi connectivity index (χ0n) is 17.6. The van der Waals surface area contributed by atoms with Crippen LogP contribution in [0.5, 0.6) is 0 Å². The van der Waals surface area contributed by atoms with Gasteiger partial charge in [0.15, 0.2) is 0 Å². The van der Waals surface area contributed by atoms with E-state index in [1.807, 2.05) is 35.2 Å². The SMILES string of the molecule is Cl.O=C([C@@H]1CCCCN1)N1CCN(c2ccc(Cl)c(-c3nc4ccc(Cl)cc4[nH]3)c2)CC1. The normalized spacial score (nSPS) is 19.1. The van der Waals surface area contributed by atoms with E-state index < -0.39 is 0 Å². The summed E-state index contributed by atoms with van der Waals surface area (Å²) in [6.07, 6.45) is 3.24. The summed E-state index contributed by atoms with van der Waals surface area (Å²) in [6, 6.07) is 11.6. The minimum atomic E-state index is -0.0102. The molecular formula is C23H26Cl3N5O. The van der Waals surface area contributed by atoms with Gasteiger partial charge in [0.1, 0.15) is 5.82 Å². The number of piperazine rings is 1. The van der Waals surface area contributed by atoms with Crippen LogP contribution in [0.4, 0.5) is 5.69 Å². The van der Waals surface area contributed by atoms with Crippen LogP contribution in [-0.2, 0) is 4.79 Å². The number of aromatic nitrogens is 2. The lowest BCUT2D eigenvalue weighted by Crippen LogP contribution is -2.55. The second-order valence-electron chi connectivity index (χ2n) is 8.23. The molecule has 9 heteroatoms. The summed E-state index contributed by atoms with van der Waals surface area (Å²) in [7, 11) is 0. The van der Waals surface area contributed by atoms with Crippen LogP contribution in [0.3, 0.4) is 0 Å². The van der Waals surface area contributed by atoms with Crippen LogP contribution in [0.25, 0.3) is 22.4 Å². The van der Waals surface area contributed by atoms with Gasteiger partial charge < -0.3 is 20.1 Å². The third kappa shape index (κ3) is 4.69. The van der Waals surface area contributed by atoms with Crippen LogP contribution in [0, 0.1) is 0 Å². The highest BCUT2D eigenvalue weighted by molar-refractivity contribution is 6.33. The number of amides is 1. The Balaban J connectivity index is 0.00000245. The Morgan fingerprint density at radius 1 is 1.03 bits per heavy atom. The van der Waals surface area contributed by atoms with Crippen molar-refractivity contribution < 1.29 is 4.79 Å². The predicted molar refractivity (Wildman–Crippen MR) is 133 cm³/mol. The van der Waals surface area contributed by atoms with E-state index in [9.17, 15) is 4.79 Å². The number of aromatic amines is 1. The van der Waals surface area contributed by atoms with E-state index in [0.717, 1.165) is 80.1 Å². The Bertz CT molecular complexity index is 1100. The van der Waals surface area contributed by atoms with E-state index in [0.29, 0.717) is 10.0 Å². The lowest BCUT2D eigenvalue weighted by molar-refractivity contribution is -0.134. The number of piperidine rings is 1. The fourth-order valence-electron chi connectivity index (χ4n) is 4.47. The molecule has 2 fully saturated rings. The number of nitrogens with one attached hydrogen (secondary N) is 2. The molecule has 0 bridgehead atoms. The van der Waals surface area contributed by atoms with Crippen molar-refractivity contribution in [2.75, 3.05) is 37.6 Å². The molecule has 0 radical (unpaired) electrons. The van der Waals surface area contributed by atoms with E-state index in [1.165, 1.54) is 0 Å². The van der Waals surface area contributed by atoms with Gasteiger partial charge in [-0.05, 0) is 55.8 Å². The van der Waals surface area contributed by atoms with Crippen molar-refractivity contribution in [3.63, 3.8) is 0 Å². The Morgan fingerprint density at radius 2 is 1.84 bits per heavy atom. The fourth-order valence-corrected chi connectivity index (χ4v) is 4.85. The Hall–Kier alpha value is -1.99. The molecule has 170 valence electrons. The van der Waals surface area contributed by atoms with Gasteiger partial charge in [0, 0.05) is 42.5 Å². The first-order chi connectivity index (χ1) is 15.1. The lowest BCUT2D eigenvalue weighted by Gasteiger charge is -2.38. The molecule has 0 aliphatic carbocycles. The Kier molecular flexibility index (Phi) is 7.15. The van der Waals surface area contributed by atoms with Crippen LogP contribution in [0.1, 0.15) is 19.3 Å². The van der Waals surface area contributed by atoms with Gasteiger partial charge in [-0.15, -0.1) is 12.4 Å². The summed E-state index contributed by atoms with van der Waals surface area (Å²) in [5.74, 6) is 0.971. The number of anilines is 1. The standard InChI is InChI=1S/C23H25Cl2N5O.ClH/c24-15-4-7-19-21(13-15)28-22(27-19)17-14-16(5-6-18(17)25)29-9-11-30(12-10-29)23(31)20-3-1-2-8-26-20;/h4-7,13-14,20,26H,1-3,8-12H2,(H,27,28);1H/t20-;/m0./s1. The van der Waals surface area contributed by atoms with Crippen molar-refractivity contribution in [3.05, 3.63) is 46.4 Å². The molecule has 32 heavy (non-hydrogen) atoms. The zero-order chi connectivity index (χ0) is 21.4. The van der Waals surface area contributed by atoms with Gasteiger partial charge in [-0.3, -0.25) is 4.79 Å². The number of imidazole rings is 1. The molecule has 5 rings (SSSR count). The average Bonchev–Trinajstić information content (AvgIpc) is 3.22. The number of fused-ring (bicyclic) bond motifs is 1. The zero-order valence-corrected chi connectivity index (χ0v) is 19.9. The first-order valence-corrected chi connectivity index (χ1v) is 11.6. The van der Waals surface area contributed by atoms with Gasteiger partial charge in [0.2, 0.25) is 5.91 Å². The highest BCUT2D eigenvalue weighted by Crippen LogP contribution is 2.32. The van der Waals surface area contributed by atoms with E-state index in [4.69, 9.17) is 23.2 Å². The van der Waals surface area contributed by atoms with Crippen molar-refractivity contribution in [3.8, 4) is 11.4 Å². The molecule has 3 aromatic rings. The van der Waals surface area contributed by atoms with E-state index in [-0.39, 0.29) is 24.4 Å². The van der Waals surface area contributed by atoms with Gasteiger partial charge in [-0.1, -0.05) is 29.6 Å². The van der Waals surface area contributed by atoms with Crippen LogP contribution in [0.2, 0.25) is 10.0 Å². The molecule has 2 aliphatic heterocycles. The van der Waals surface area contributed by atoms with Gasteiger partial charge in [-0.2, -0.15) is 0 Å². The molecule has 1 aromatic heterocycles. The largest absolute Gasteiger partial charge is 0.368 e. The molecular weight excluding hydrogens is 469 g/mol. The van der Waals surface area contributed by atoms with Gasteiger partial charge >= 0.3 is 0 Å². The molecule has 2 aromatic carbocycles. The molecule has 1 atom stereocenters. The van der Waals surface area contributed by atoms with Gasteiger partial charge in [0.25, 0.3) is 0 Å². The molecule has 1 amide bonds. The number of nitrogens with zero attached hydrogens (tertiary/aromatic N) is 3. The maximum atomic E-state index is 12.8. The summed E-state index contributed by atoms with van der Waals surface area (Å²) >= 11 is 12.6. The smallest absolute Gasteiger partial charge is 0.239 e. The summed E-state index contributed by atoms with van der Waals surface area (Å²) in [4.78, 5) is 25.1. The maximum absolute atomic E-state index is 12.8. The molecule has 6 nitrogen and oxygen atoms in total. The number of carbonyl (C=O) groups excluding carboxylic acids is 1. The number of carbonyl (C=O) groups is 1. The number of H-pyrrole nitrogens is 1. The minimum absolute atomic E-state index is 0. The maximum Gasteiger partial charge on any atom is 0.239 e. The van der Waals surface area contributed by atoms with E-state index in [2.05, 4.69) is 26.3 Å². The second-order valence-corrected chi connectivity index (χ2v) is 9.07. The molecule has 0 saturated carbocycles. The number of hydrogen-bond donors (Lipinski definition) is 2. The van der Waals surface area contributed by atoms with Gasteiger partial charge in [-0.25, -0.2) is 4.98 Å².